The Kier molecular flexibility index (Phi) is 7.79. The van der Waals surface area contributed by atoms with E-state index in [-0.39, 0.29) is 11.8 Å². The highest BCUT2D eigenvalue weighted by Crippen LogP contribution is 2.39. The third-order valence-corrected chi connectivity index (χ3v) is 5.27. The summed E-state index contributed by atoms with van der Waals surface area (Å²) in [5.74, 6) is 1.64. The van der Waals surface area contributed by atoms with E-state index in [4.69, 9.17) is 14.2 Å². The fraction of sp³-hybridized carbons (Fsp3) is 0.636. The van der Waals surface area contributed by atoms with Gasteiger partial charge in [0.15, 0.2) is 18.0 Å². The molecule has 1 aliphatic heterocycles. The minimum Gasteiger partial charge on any atom is -0.490 e. The maximum Gasteiger partial charge on any atom is 0.275 e. The molecule has 1 heterocycles. The van der Waals surface area contributed by atoms with Crippen LogP contribution >= 0.6 is 0 Å². The van der Waals surface area contributed by atoms with E-state index in [9.17, 15) is 9.59 Å². The lowest BCUT2D eigenvalue weighted by Crippen LogP contribution is -3.15. The van der Waals surface area contributed by atoms with Crippen molar-refractivity contribution in [3.63, 3.8) is 0 Å². The van der Waals surface area contributed by atoms with Crippen LogP contribution in [-0.2, 0) is 4.79 Å². The third kappa shape index (κ3) is 5.78. The van der Waals surface area contributed by atoms with Gasteiger partial charge in [0.2, 0.25) is 5.75 Å². The Balaban J connectivity index is 1.66. The standard InChI is InChI=1S/C22H33N3O5/c1-4-28-18-13-16(14-19(29-5-2)21(18)30-6-3)22(27)25-11-9-24(10-12-25)15-20(26)23-17-7-8-17/h13-14,17H,4-12,15H2,1-3H3,(H,23,26)/p+1. The van der Waals surface area contributed by atoms with Crippen LogP contribution in [0.25, 0.3) is 0 Å². The fourth-order valence-electron chi connectivity index (χ4n) is 3.63. The van der Waals surface area contributed by atoms with Crippen molar-refractivity contribution in [1.82, 2.24) is 10.2 Å². The molecule has 1 aromatic carbocycles. The molecule has 2 fully saturated rings. The van der Waals surface area contributed by atoms with Crippen molar-refractivity contribution in [3.05, 3.63) is 17.7 Å². The summed E-state index contributed by atoms with van der Waals surface area (Å²) >= 11 is 0. The molecule has 1 saturated heterocycles. The van der Waals surface area contributed by atoms with Gasteiger partial charge in [-0.15, -0.1) is 0 Å². The highest BCUT2D eigenvalue weighted by Gasteiger charge is 2.29. The molecule has 8 heteroatoms. The Bertz CT molecular complexity index is 715. The van der Waals surface area contributed by atoms with Crippen LogP contribution in [-0.4, -0.2) is 75.3 Å². The molecule has 30 heavy (non-hydrogen) atoms. The molecule has 1 saturated carbocycles. The quantitative estimate of drug-likeness (QED) is 0.576. The normalized spacial score (nSPS) is 16.8. The van der Waals surface area contributed by atoms with Crippen molar-refractivity contribution >= 4 is 11.8 Å². The zero-order valence-electron chi connectivity index (χ0n) is 18.3. The van der Waals surface area contributed by atoms with Crippen LogP contribution in [0.1, 0.15) is 44.0 Å². The number of carbonyl (C=O) groups is 2. The van der Waals surface area contributed by atoms with Gasteiger partial charge in [0.05, 0.1) is 46.0 Å². The van der Waals surface area contributed by atoms with Crippen LogP contribution < -0.4 is 24.4 Å². The highest BCUT2D eigenvalue weighted by molar-refractivity contribution is 5.95. The first-order valence-electron chi connectivity index (χ1n) is 11.0. The SMILES string of the molecule is CCOc1cc(C(=O)N2CC[NH+](CC(=O)NC3CC3)CC2)cc(OCC)c1OCC. The fourth-order valence-corrected chi connectivity index (χ4v) is 3.63. The maximum atomic E-state index is 13.1. The van der Waals surface area contributed by atoms with Crippen LogP contribution in [0.5, 0.6) is 17.2 Å². The number of nitrogens with one attached hydrogen (secondary N) is 2. The lowest BCUT2D eigenvalue weighted by atomic mass is 10.1. The number of ether oxygens (including phenoxy) is 3. The number of hydrogen-bond donors (Lipinski definition) is 2. The molecule has 0 atom stereocenters. The van der Waals surface area contributed by atoms with Crippen molar-refractivity contribution in [2.24, 2.45) is 0 Å². The summed E-state index contributed by atoms with van der Waals surface area (Å²) in [6.45, 7) is 10.3. The van der Waals surface area contributed by atoms with E-state index >= 15 is 0 Å². The van der Waals surface area contributed by atoms with Gasteiger partial charge in [0.1, 0.15) is 0 Å². The van der Waals surface area contributed by atoms with E-state index in [1.165, 1.54) is 4.90 Å². The molecule has 0 unspecified atom stereocenters. The van der Waals surface area contributed by atoms with Crippen LogP contribution in [0.3, 0.4) is 0 Å². The smallest absolute Gasteiger partial charge is 0.275 e. The number of amides is 2. The molecule has 0 radical (unpaired) electrons. The van der Waals surface area contributed by atoms with E-state index in [1.54, 1.807) is 12.1 Å². The van der Waals surface area contributed by atoms with E-state index < -0.39 is 0 Å². The van der Waals surface area contributed by atoms with Gasteiger partial charge in [-0.05, 0) is 45.7 Å². The van der Waals surface area contributed by atoms with Crippen molar-refractivity contribution in [2.45, 2.75) is 39.7 Å². The van der Waals surface area contributed by atoms with Crippen molar-refractivity contribution < 1.29 is 28.7 Å². The van der Waals surface area contributed by atoms with Gasteiger partial charge in [-0.1, -0.05) is 0 Å². The average molecular weight is 421 g/mol. The van der Waals surface area contributed by atoms with Crippen molar-refractivity contribution in [2.75, 3.05) is 52.5 Å². The molecule has 0 spiro atoms. The molecule has 3 rings (SSSR count). The summed E-state index contributed by atoms with van der Waals surface area (Å²) in [6, 6.07) is 3.86. The van der Waals surface area contributed by atoms with Gasteiger partial charge in [-0.25, -0.2) is 0 Å². The summed E-state index contributed by atoms with van der Waals surface area (Å²) < 4.78 is 17.2. The second-order valence-electron chi connectivity index (χ2n) is 7.66. The molecular formula is C22H34N3O5+. The highest BCUT2D eigenvalue weighted by atomic mass is 16.5. The summed E-state index contributed by atoms with van der Waals surface area (Å²) in [7, 11) is 0. The molecule has 2 aliphatic rings. The number of benzene rings is 1. The van der Waals surface area contributed by atoms with Crippen molar-refractivity contribution in [1.29, 1.82) is 0 Å². The molecule has 1 aliphatic carbocycles. The Labute approximate surface area is 178 Å². The summed E-state index contributed by atoms with van der Waals surface area (Å²) in [4.78, 5) is 28.2. The summed E-state index contributed by atoms with van der Waals surface area (Å²) in [5, 5.41) is 3.03. The van der Waals surface area contributed by atoms with Crippen LogP contribution in [0.4, 0.5) is 0 Å². The number of quaternary nitrogens is 1. The molecule has 0 aromatic heterocycles. The van der Waals surface area contributed by atoms with Crippen molar-refractivity contribution in [3.8, 4) is 17.2 Å². The average Bonchev–Trinajstić information content (AvgIpc) is 3.54. The first-order valence-corrected chi connectivity index (χ1v) is 11.0. The molecule has 8 nitrogen and oxygen atoms in total. The molecular weight excluding hydrogens is 386 g/mol. The topological polar surface area (TPSA) is 81.5 Å². The molecule has 1 aromatic rings. The number of rotatable bonds is 10. The molecule has 2 N–H and O–H groups in total. The Hall–Kier alpha value is -2.48. The van der Waals surface area contributed by atoms with Gasteiger partial charge in [-0.2, -0.15) is 0 Å². The molecule has 0 bridgehead atoms. The van der Waals surface area contributed by atoms with Gasteiger partial charge in [-0.3, -0.25) is 9.59 Å². The monoisotopic (exact) mass is 420 g/mol. The zero-order chi connectivity index (χ0) is 21.5. The number of hydrogen-bond acceptors (Lipinski definition) is 5. The van der Waals surface area contributed by atoms with Crippen LogP contribution in [0, 0.1) is 0 Å². The number of piperazine rings is 1. The molecule has 2 amide bonds. The first kappa shape index (κ1) is 22.2. The van der Waals surface area contributed by atoms with Gasteiger partial charge in [0.25, 0.3) is 11.8 Å². The van der Waals surface area contributed by atoms with Crippen LogP contribution in [0.2, 0.25) is 0 Å². The van der Waals surface area contributed by atoms with Gasteiger partial charge >= 0.3 is 0 Å². The minimum atomic E-state index is -0.0542. The van der Waals surface area contributed by atoms with E-state index in [2.05, 4.69) is 5.32 Å². The predicted octanol–water partition coefficient (Wildman–Crippen LogP) is 0.502. The predicted molar refractivity (Wildman–Crippen MR) is 113 cm³/mol. The lowest BCUT2D eigenvalue weighted by Gasteiger charge is -2.32. The lowest BCUT2D eigenvalue weighted by molar-refractivity contribution is -0.896. The Morgan fingerprint density at radius 2 is 1.57 bits per heavy atom. The largest absolute Gasteiger partial charge is 0.490 e. The second-order valence-corrected chi connectivity index (χ2v) is 7.66. The molecule has 166 valence electrons. The number of carbonyl (C=O) groups excluding carboxylic acids is 2. The summed E-state index contributed by atoms with van der Waals surface area (Å²) in [5.41, 5.74) is 0.528. The Morgan fingerprint density at radius 3 is 2.07 bits per heavy atom. The Morgan fingerprint density at radius 1 is 1.00 bits per heavy atom. The minimum absolute atomic E-state index is 0.0542. The van der Waals surface area contributed by atoms with E-state index in [1.807, 2.05) is 25.7 Å². The number of nitrogens with zero attached hydrogens (tertiary/aromatic N) is 1. The maximum absolute atomic E-state index is 13.1. The van der Waals surface area contributed by atoms with E-state index in [0.717, 1.165) is 25.9 Å². The van der Waals surface area contributed by atoms with E-state index in [0.29, 0.717) is 68.3 Å². The summed E-state index contributed by atoms with van der Waals surface area (Å²) in [6.07, 6.45) is 2.19. The van der Waals surface area contributed by atoms with Crippen LogP contribution in [0.15, 0.2) is 12.1 Å². The first-order chi connectivity index (χ1) is 14.5. The second kappa shape index (κ2) is 10.5. The van der Waals surface area contributed by atoms with Gasteiger partial charge < -0.3 is 29.3 Å². The van der Waals surface area contributed by atoms with Gasteiger partial charge in [0, 0.05) is 11.6 Å². The third-order valence-electron chi connectivity index (χ3n) is 5.27. The zero-order valence-corrected chi connectivity index (χ0v) is 18.3.